The highest BCUT2D eigenvalue weighted by Crippen LogP contribution is 2.39. The standard InChI is InChI=1S/C29H40N10O2/c1-37-15-29(16-37)17-38(18-29)26(40)20-9-11-21(12-10-20)34-24-23-25(39(19-33-23)22-7-3-4-8-22)36-28(35-24)32-14-6-2-5-13-31-27(30)41/h9-12,19,22H,2-8,13-18H2,1H3,(H3,30,31,41)(H2,32,34,35,36). The number of anilines is 3. The van der Waals surface area contributed by atoms with Crippen molar-refractivity contribution in [3.8, 4) is 0 Å². The molecule has 1 aliphatic carbocycles. The van der Waals surface area contributed by atoms with Crippen LogP contribution in [0.25, 0.3) is 11.2 Å². The number of aromatic nitrogens is 4. The van der Waals surface area contributed by atoms with E-state index in [1.54, 1.807) is 0 Å². The summed E-state index contributed by atoms with van der Waals surface area (Å²) in [6, 6.07) is 7.52. The molecule has 1 aromatic carbocycles. The molecule has 3 fully saturated rings. The van der Waals surface area contributed by atoms with E-state index >= 15 is 0 Å². The van der Waals surface area contributed by atoms with Crippen molar-refractivity contribution in [1.29, 1.82) is 0 Å². The Hall–Kier alpha value is -3.93. The molecule has 6 rings (SSSR count). The maximum atomic E-state index is 13.0. The van der Waals surface area contributed by atoms with Gasteiger partial charge in [0.2, 0.25) is 5.95 Å². The number of fused-ring (bicyclic) bond motifs is 1. The average molecular weight is 561 g/mol. The lowest BCUT2D eigenvalue weighted by Gasteiger charge is -2.59. The molecule has 1 spiro atoms. The Morgan fingerprint density at radius 2 is 1.73 bits per heavy atom. The number of carbonyl (C=O) groups is 2. The number of nitrogens with two attached hydrogens (primary N) is 1. The summed E-state index contributed by atoms with van der Waals surface area (Å²) in [6.07, 6.45) is 9.30. The van der Waals surface area contributed by atoms with Crippen LogP contribution in [0.3, 0.4) is 0 Å². The quantitative estimate of drug-likeness (QED) is 0.261. The zero-order chi connectivity index (χ0) is 28.4. The van der Waals surface area contributed by atoms with Crippen LogP contribution in [0.2, 0.25) is 0 Å². The fourth-order valence-corrected chi connectivity index (χ4v) is 6.59. The number of urea groups is 1. The van der Waals surface area contributed by atoms with Gasteiger partial charge in [0.15, 0.2) is 17.0 Å². The molecule has 3 aliphatic rings. The van der Waals surface area contributed by atoms with Crippen LogP contribution in [-0.4, -0.2) is 87.6 Å². The number of nitrogens with zero attached hydrogens (tertiary/aromatic N) is 6. The number of unbranched alkanes of at least 4 members (excludes halogenated alkanes) is 2. The van der Waals surface area contributed by atoms with Gasteiger partial charge in [0.05, 0.1) is 6.33 Å². The van der Waals surface area contributed by atoms with Crippen LogP contribution in [0.1, 0.15) is 61.3 Å². The Morgan fingerprint density at radius 3 is 2.44 bits per heavy atom. The summed E-state index contributed by atoms with van der Waals surface area (Å²) in [7, 11) is 2.13. The van der Waals surface area contributed by atoms with E-state index in [1.807, 2.05) is 35.5 Å². The number of rotatable bonds is 11. The average Bonchev–Trinajstić information content (AvgIpc) is 3.59. The molecule has 5 N–H and O–H groups in total. The van der Waals surface area contributed by atoms with Gasteiger partial charge in [0.1, 0.15) is 0 Å². The molecule has 0 radical (unpaired) electrons. The van der Waals surface area contributed by atoms with Crippen molar-refractivity contribution in [2.24, 2.45) is 11.1 Å². The molecule has 0 atom stereocenters. The van der Waals surface area contributed by atoms with Crippen LogP contribution in [0.5, 0.6) is 0 Å². The summed E-state index contributed by atoms with van der Waals surface area (Å²) in [6.45, 7) is 5.14. The van der Waals surface area contributed by atoms with Gasteiger partial charge in [-0.25, -0.2) is 9.78 Å². The van der Waals surface area contributed by atoms with Crippen LogP contribution in [0.15, 0.2) is 30.6 Å². The predicted molar refractivity (Wildman–Crippen MR) is 158 cm³/mol. The highest BCUT2D eigenvalue weighted by atomic mass is 16.2. The number of nitrogens with one attached hydrogen (secondary N) is 3. The first-order chi connectivity index (χ1) is 19.9. The monoisotopic (exact) mass is 560 g/mol. The van der Waals surface area contributed by atoms with Gasteiger partial charge in [-0.05, 0) is 63.4 Å². The first-order valence-corrected chi connectivity index (χ1v) is 14.8. The molecule has 2 aromatic heterocycles. The zero-order valence-electron chi connectivity index (χ0n) is 23.7. The summed E-state index contributed by atoms with van der Waals surface area (Å²) in [4.78, 5) is 42.4. The van der Waals surface area contributed by atoms with Crippen molar-refractivity contribution in [2.45, 2.75) is 51.0 Å². The highest BCUT2D eigenvalue weighted by molar-refractivity contribution is 5.95. The van der Waals surface area contributed by atoms with Gasteiger partial charge in [0.25, 0.3) is 5.91 Å². The van der Waals surface area contributed by atoms with Gasteiger partial charge in [-0.15, -0.1) is 0 Å². The first kappa shape index (κ1) is 27.3. The maximum Gasteiger partial charge on any atom is 0.312 e. The van der Waals surface area contributed by atoms with Gasteiger partial charge in [-0.3, -0.25) is 4.79 Å². The Bertz CT molecular complexity index is 1380. The zero-order valence-corrected chi connectivity index (χ0v) is 23.7. The molecule has 12 heteroatoms. The van der Waals surface area contributed by atoms with Crippen molar-refractivity contribution in [1.82, 2.24) is 34.6 Å². The topological polar surface area (TPSA) is 146 Å². The number of amides is 3. The Labute approximate surface area is 240 Å². The normalized spacial score (nSPS) is 18.3. The van der Waals surface area contributed by atoms with Gasteiger partial charge in [-0.2, -0.15) is 9.97 Å². The minimum Gasteiger partial charge on any atom is -0.354 e. The summed E-state index contributed by atoms with van der Waals surface area (Å²) in [5.41, 5.74) is 8.53. The second kappa shape index (κ2) is 11.5. The first-order valence-electron chi connectivity index (χ1n) is 14.8. The van der Waals surface area contributed by atoms with Crippen molar-refractivity contribution in [2.75, 3.05) is 56.9 Å². The lowest BCUT2D eigenvalue weighted by Crippen LogP contribution is -2.71. The molecule has 1 saturated carbocycles. The predicted octanol–water partition coefficient (Wildman–Crippen LogP) is 3.32. The minimum absolute atomic E-state index is 0.0911. The SMILES string of the molecule is CN1CC2(C1)CN(C(=O)c1ccc(Nc3nc(NCCCCCNC(N)=O)nc4c3ncn4C3CCCC3)cc1)C2. The lowest BCUT2D eigenvalue weighted by atomic mass is 9.73. The van der Waals surface area contributed by atoms with E-state index in [0.29, 0.717) is 41.9 Å². The van der Waals surface area contributed by atoms with Crippen molar-refractivity contribution >= 4 is 40.6 Å². The molecule has 12 nitrogen and oxygen atoms in total. The molecule has 2 saturated heterocycles. The number of hydrogen-bond acceptors (Lipinski definition) is 8. The third-order valence-electron chi connectivity index (χ3n) is 8.52. The van der Waals surface area contributed by atoms with Gasteiger partial charge in [-0.1, -0.05) is 12.8 Å². The maximum absolute atomic E-state index is 13.0. The number of hydrogen-bond donors (Lipinski definition) is 4. The Balaban J connectivity index is 1.13. The van der Waals surface area contributed by atoms with Crippen LogP contribution in [0, 0.1) is 5.41 Å². The minimum atomic E-state index is -0.490. The summed E-state index contributed by atoms with van der Waals surface area (Å²) < 4.78 is 2.19. The van der Waals surface area contributed by atoms with E-state index in [9.17, 15) is 9.59 Å². The van der Waals surface area contributed by atoms with Crippen molar-refractivity contribution in [3.05, 3.63) is 36.2 Å². The van der Waals surface area contributed by atoms with Crippen LogP contribution in [-0.2, 0) is 0 Å². The third kappa shape index (κ3) is 5.92. The molecular weight excluding hydrogens is 520 g/mol. The summed E-state index contributed by atoms with van der Waals surface area (Å²) >= 11 is 0. The molecule has 0 bridgehead atoms. The highest BCUT2D eigenvalue weighted by Gasteiger charge is 2.51. The molecule has 3 aromatic rings. The fraction of sp³-hybridized carbons (Fsp3) is 0.552. The van der Waals surface area contributed by atoms with Crippen LogP contribution >= 0.6 is 0 Å². The number of likely N-dealkylation sites (tertiary alicyclic amines) is 2. The summed E-state index contributed by atoms with van der Waals surface area (Å²) in [5.74, 6) is 1.28. The summed E-state index contributed by atoms with van der Waals surface area (Å²) in [5, 5.41) is 9.42. The Morgan fingerprint density at radius 1 is 1.00 bits per heavy atom. The second-order valence-electron chi connectivity index (χ2n) is 12.0. The smallest absolute Gasteiger partial charge is 0.312 e. The van der Waals surface area contributed by atoms with Crippen LogP contribution in [0.4, 0.5) is 22.2 Å². The number of primary amides is 1. The van der Waals surface area contributed by atoms with E-state index < -0.39 is 6.03 Å². The number of benzene rings is 1. The van der Waals surface area contributed by atoms with Gasteiger partial charge in [0, 0.05) is 62.0 Å². The van der Waals surface area contributed by atoms with E-state index in [4.69, 9.17) is 20.7 Å². The van der Waals surface area contributed by atoms with E-state index in [2.05, 4.69) is 32.5 Å². The molecule has 218 valence electrons. The van der Waals surface area contributed by atoms with E-state index in [1.165, 1.54) is 12.8 Å². The largest absolute Gasteiger partial charge is 0.354 e. The van der Waals surface area contributed by atoms with Gasteiger partial charge < -0.3 is 36.1 Å². The second-order valence-corrected chi connectivity index (χ2v) is 12.0. The third-order valence-corrected chi connectivity index (χ3v) is 8.52. The van der Waals surface area contributed by atoms with E-state index in [0.717, 1.165) is 75.1 Å². The number of carbonyl (C=O) groups excluding carboxylic acids is 2. The fourth-order valence-electron chi connectivity index (χ4n) is 6.59. The van der Waals surface area contributed by atoms with Crippen molar-refractivity contribution < 1.29 is 9.59 Å². The molecule has 4 heterocycles. The van der Waals surface area contributed by atoms with Gasteiger partial charge >= 0.3 is 6.03 Å². The number of imidazole rings is 1. The lowest BCUT2D eigenvalue weighted by molar-refractivity contribution is -0.0872. The van der Waals surface area contributed by atoms with E-state index in [-0.39, 0.29) is 5.91 Å². The van der Waals surface area contributed by atoms with Crippen LogP contribution < -0.4 is 21.7 Å². The Kier molecular flexibility index (Phi) is 7.65. The molecule has 2 aliphatic heterocycles. The van der Waals surface area contributed by atoms with Crippen molar-refractivity contribution in [3.63, 3.8) is 0 Å². The molecule has 3 amide bonds. The molecular formula is C29H40N10O2. The molecule has 0 unspecified atom stereocenters. The molecule has 41 heavy (non-hydrogen) atoms.